The number of aliphatic hydroxyl groups is 1. The Hall–Kier alpha value is -1.26. The third-order valence-corrected chi connectivity index (χ3v) is 3.84. The number of hydrogen-bond donors (Lipinski definition) is 1. The van der Waals surface area contributed by atoms with Gasteiger partial charge in [0, 0.05) is 18.1 Å². The van der Waals surface area contributed by atoms with Crippen molar-refractivity contribution < 1.29 is 14.6 Å². The number of amides is 1. The second kappa shape index (κ2) is 6.46. The average molecular weight is 298 g/mol. The molecule has 4 nitrogen and oxygen atoms in total. The van der Waals surface area contributed by atoms with E-state index in [1.54, 1.807) is 29.2 Å². The lowest BCUT2D eigenvalue weighted by Crippen LogP contribution is -2.36. The van der Waals surface area contributed by atoms with Gasteiger partial charge >= 0.3 is 0 Å². The van der Waals surface area contributed by atoms with E-state index in [0.29, 0.717) is 30.3 Å². The molecule has 0 radical (unpaired) electrons. The van der Waals surface area contributed by atoms with Gasteiger partial charge in [-0.1, -0.05) is 11.6 Å². The molecule has 1 unspecified atom stereocenters. The van der Waals surface area contributed by atoms with Gasteiger partial charge in [0.2, 0.25) is 0 Å². The van der Waals surface area contributed by atoms with Gasteiger partial charge in [-0.15, -0.1) is 0 Å². The molecule has 1 heterocycles. The number of benzene rings is 1. The first-order valence-electron chi connectivity index (χ1n) is 6.85. The fraction of sp³-hybridized carbons (Fsp3) is 0.533. The molecule has 1 aromatic carbocycles. The van der Waals surface area contributed by atoms with Crippen molar-refractivity contribution in [1.82, 2.24) is 4.90 Å². The Morgan fingerprint density at radius 2 is 2.05 bits per heavy atom. The molecular formula is C15H20ClNO3. The van der Waals surface area contributed by atoms with Crippen LogP contribution in [0, 0.1) is 0 Å². The number of hydrogen-bond acceptors (Lipinski definition) is 3. The highest BCUT2D eigenvalue weighted by Gasteiger charge is 2.27. The number of carbonyl (C=O) groups is 1. The number of nitrogens with zero attached hydrogens (tertiary/aromatic N) is 1. The monoisotopic (exact) mass is 297 g/mol. The van der Waals surface area contributed by atoms with Crippen LogP contribution in [0.1, 0.15) is 26.2 Å². The van der Waals surface area contributed by atoms with Crippen molar-refractivity contribution >= 4 is 17.5 Å². The summed E-state index contributed by atoms with van der Waals surface area (Å²) in [5, 5.41) is 10.6. The third-order valence-electron chi connectivity index (χ3n) is 3.59. The van der Waals surface area contributed by atoms with Gasteiger partial charge < -0.3 is 14.7 Å². The first-order valence-corrected chi connectivity index (χ1v) is 7.23. The molecule has 20 heavy (non-hydrogen) atoms. The summed E-state index contributed by atoms with van der Waals surface area (Å²) < 4.78 is 5.46. The molecule has 5 heteroatoms. The molecule has 1 aliphatic heterocycles. The first kappa shape index (κ1) is 15.1. The van der Waals surface area contributed by atoms with Gasteiger partial charge in [-0.25, -0.2) is 0 Å². The minimum Gasteiger partial charge on any atom is -0.484 e. The van der Waals surface area contributed by atoms with Crippen molar-refractivity contribution in [2.24, 2.45) is 0 Å². The van der Waals surface area contributed by atoms with Crippen molar-refractivity contribution in [3.05, 3.63) is 29.3 Å². The minimum absolute atomic E-state index is 0.0176. The number of rotatable bonds is 3. The fourth-order valence-electron chi connectivity index (χ4n) is 2.28. The summed E-state index contributed by atoms with van der Waals surface area (Å²) in [5.41, 5.74) is -0.661. The zero-order valence-electron chi connectivity index (χ0n) is 11.6. The lowest BCUT2D eigenvalue weighted by molar-refractivity contribution is -0.133. The maximum absolute atomic E-state index is 12.1. The van der Waals surface area contributed by atoms with E-state index in [9.17, 15) is 9.90 Å². The van der Waals surface area contributed by atoms with E-state index < -0.39 is 5.60 Å². The maximum atomic E-state index is 12.1. The van der Waals surface area contributed by atoms with Crippen LogP contribution in [0.5, 0.6) is 5.75 Å². The molecule has 1 aromatic rings. The Kier molecular flexibility index (Phi) is 4.89. The summed E-state index contributed by atoms with van der Waals surface area (Å²) >= 11 is 5.79. The quantitative estimate of drug-likeness (QED) is 0.932. The molecule has 1 N–H and O–H groups in total. The molecule has 0 aromatic heterocycles. The van der Waals surface area contributed by atoms with Crippen LogP contribution in [0.4, 0.5) is 0 Å². The van der Waals surface area contributed by atoms with E-state index in [0.717, 1.165) is 12.8 Å². The number of halogens is 1. The molecule has 1 fully saturated rings. The smallest absolute Gasteiger partial charge is 0.260 e. The zero-order valence-corrected chi connectivity index (χ0v) is 12.4. The van der Waals surface area contributed by atoms with E-state index >= 15 is 0 Å². The van der Waals surface area contributed by atoms with Crippen LogP contribution in [0.3, 0.4) is 0 Å². The molecule has 2 rings (SSSR count). The summed E-state index contributed by atoms with van der Waals surface area (Å²) in [6, 6.07) is 6.93. The Balaban J connectivity index is 1.84. The highest BCUT2D eigenvalue weighted by molar-refractivity contribution is 6.30. The van der Waals surface area contributed by atoms with E-state index in [-0.39, 0.29) is 12.5 Å². The van der Waals surface area contributed by atoms with E-state index in [1.807, 2.05) is 6.92 Å². The largest absolute Gasteiger partial charge is 0.484 e. The highest BCUT2D eigenvalue weighted by Crippen LogP contribution is 2.21. The molecule has 1 amide bonds. The van der Waals surface area contributed by atoms with Crippen LogP contribution in [0.15, 0.2) is 24.3 Å². The van der Waals surface area contributed by atoms with Crippen molar-refractivity contribution in [2.45, 2.75) is 31.8 Å². The average Bonchev–Trinajstić information content (AvgIpc) is 2.59. The van der Waals surface area contributed by atoms with Gasteiger partial charge in [0.05, 0.1) is 5.60 Å². The van der Waals surface area contributed by atoms with Gasteiger partial charge in [-0.3, -0.25) is 4.79 Å². The predicted octanol–water partition coefficient (Wildman–Crippen LogP) is 2.48. The van der Waals surface area contributed by atoms with Crippen LogP contribution in [0.25, 0.3) is 0 Å². The molecule has 0 bridgehead atoms. The molecule has 0 saturated carbocycles. The van der Waals surface area contributed by atoms with Crippen molar-refractivity contribution in [1.29, 1.82) is 0 Å². The molecule has 110 valence electrons. The van der Waals surface area contributed by atoms with Crippen LogP contribution in [-0.2, 0) is 4.79 Å². The second-order valence-electron chi connectivity index (χ2n) is 5.47. The van der Waals surface area contributed by atoms with E-state index in [1.165, 1.54) is 0 Å². The molecule has 1 saturated heterocycles. The lowest BCUT2D eigenvalue weighted by atomic mass is 9.98. The summed E-state index contributed by atoms with van der Waals surface area (Å²) in [6.45, 7) is 3.10. The van der Waals surface area contributed by atoms with Crippen molar-refractivity contribution in [3.63, 3.8) is 0 Å². The molecule has 0 aliphatic carbocycles. The highest BCUT2D eigenvalue weighted by atomic mass is 35.5. The Labute approximate surface area is 124 Å². The lowest BCUT2D eigenvalue weighted by Gasteiger charge is -2.22. The normalized spacial score (nSPS) is 23.2. The summed E-state index contributed by atoms with van der Waals surface area (Å²) in [4.78, 5) is 13.9. The topological polar surface area (TPSA) is 49.8 Å². The predicted molar refractivity (Wildman–Crippen MR) is 78.0 cm³/mol. The van der Waals surface area contributed by atoms with Gasteiger partial charge in [0.25, 0.3) is 5.91 Å². The van der Waals surface area contributed by atoms with Crippen molar-refractivity contribution in [3.8, 4) is 5.75 Å². The second-order valence-corrected chi connectivity index (χ2v) is 5.91. The third kappa shape index (κ3) is 4.39. The van der Waals surface area contributed by atoms with Gasteiger partial charge in [0.1, 0.15) is 5.75 Å². The Morgan fingerprint density at radius 3 is 2.75 bits per heavy atom. The SMILES string of the molecule is CC1(O)CCCN(C(=O)COc2ccc(Cl)cc2)CC1. The number of carbonyl (C=O) groups excluding carboxylic acids is 1. The summed E-state index contributed by atoms with van der Waals surface area (Å²) in [7, 11) is 0. The van der Waals surface area contributed by atoms with E-state index in [2.05, 4.69) is 0 Å². The molecular weight excluding hydrogens is 278 g/mol. The fourth-order valence-corrected chi connectivity index (χ4v) is 2.41. The zero-order chi connectivity index (χ0) is 14.6. The number of likely N-dealkylation sites (tertiary alicyclic amines) is 1. The molecule has 1 atom stereocenters. The molecule has 0 spiro atoms. The minimum atomic E-state index is -0.661. The summed E-state index contributed by atoms with van der Waals surface area (Å²) in [6.07, 6.45) is 2.16. The van der Waals surface area contributed by atoms with Gasteiger partial charge in [0.15, 0.2) is 6.61 Å². The summed E-state index contributed by atoms with van der Waals surface area (Å²) in [5.74, 6) is 0.585. The van der Waals surface area contributed by atoms with E-state index in [4.69, 9.17) is 16.3 Å². The van der Waals surface area contributed by atoms with Crippen LogP contribution >= 0.6 is 11.6 Å². The maximum Gasteiger partial charge on any atom is 0.260 e. The Morgan fingerprint density at radius 1 is 1.35 bits per heavy atom. The van der Waals surface area contributed by atoms with Crippen LogP contribution < -0.4 is 4.74 Å². The number of ether oxygens (including phenoxy) is 1. The van der Waals surface area contributed by atoms with Gasteiger partial charge in [-0.05, 0) is 50.5 Å². The standard InChI is InChI=1S/C15H20ClNO3/c1-15(19)7-2-9-17(10-8-15)14(18)11-20-13-5-3-12(16)4-6-13/h3-6,19H,2,7-11H2,1H3. The molecule has 1 aliphatic rings. The van der Waals surface area contributed by atoms with Gasteiger partial charge in [-0.2, -0.15) is 0 Å². The Bertz CT molecular complexity index is 459. The first-order chi connectivity index (χ1) is 9.46. The van der Waals surface area contributed by atoms with Crippen LogP contribution in [-0.4, -0.2) is 41.2 Å². The van der Waals surface area contributed by atoms with Crippen LogP contribution in [0.2, 0.25) is 5.02 Å². The van der Waals surface area contributed by atoms with Crippen molar-refractivity contribution in [2.75, 3.05) is 19.7 Å².